The van der Waals surface area contributed by atoms with Gasteiger partial charge in [0.1, 0.15) is 0 Å². The molecule has 1 rings (SSSR count). The van der Waals surface area contributed by atoms with E-state index in [0.717, 1.165) is 0 Å². The second-order valence-electron chi connectivity index (χ2n) is 2.23. The molecule has 0 radical (unpaired) electrons. The van der Waals surface area contributed by atoms with Crippen LogP contribution in [0.25, 0.3) is 0 Å². The number of likely N-dealkylation sites (N-methyl/N-ethyl adjacent to an activating group) is 1. The molecule has 1 amide bonds. The molecule has 1 aromatic heterocycles. The second-order valence-corrected chi connectivity index (χ2v) is 2.23. The number of anilines is 1. The molecule has 1 aromatic rings. The number of amides is 1. The summed E-state index contributed by atoms with van der Waals surface area (Å²) >= 11 is 0. The van der Waals surface area contributed by atoms with Crippen molar-refractivity contribution in [1.29, 1.82) is 0 Å². The Morgan fingerprint density at radius 3 is 2.92 bits per heavy atom. The SMILES string of the molecule is CN(C(=O)C=O)c1cccnc1. The van der Waals surface area contributed by atoms with Crippen LogP contribution in [-0.4, -0.2) is 24.2 Å². The van der Waals surface area contributed by atoms with Crippen LogP contribution in [0.15, 0.2) is 24.5 Å². The fraction of sp³-hybridized carbons (Fsp3) is 0.125. The number of rotatable bonds is 2. The van der Waals surface area contributed by atoms with Gasteiger partial charge in [-0.15, -0.1) is 0 Å². The lowest BCUT2D eigenvalue weighted by molar-refractivity contribution is -0.129. The zero-order valence-electron chi connectivity index (χ0n) is 6.60. The number of nitrogens with zero attached hydrogens (tertiary/aromatic N) is 2. The molecular formula is C8H8N2O2. The van der Waals surface area contributed by atoms with Crippen molar-refractivity contribution in [2.75, 3.05) is 11.9 Å². The molecule has 62 valence electrons. The van der Waals surface area contributed by atoms with E-state index < -0.39 is 5.91 Å². The third-order valence-electron chi connectivity index (χ3n) is 1.46. The summed E-state index contributed by atoms with van der Waals surface area (Å²) in [6.45, 7) is 0. The van der Waals surface area contributed by atoms with Crippen molar-refractivity contribution in [2.24, 2.45) is 0 Å². The third kappa shape index (κ3) is 1.66. The van der Waals surface area contributed by atoms with Crippen LogP contribution in [0.3, 0.4) is 0 Å². The van der Waals surface area contributed by atoms with E-state index in [9.17, 15) is 9.59 Å². The lowest BCUT2D eigenvalue weighted by atomic mass is 10.4. The highest BCUT2D eigenvalue weighted by Crippen LogP contribution is 2.07. The quantitative estimate of drug-likeness (QED) is 0.465. The second kappa shape index (κ2) is 3.61. The summed E-state index contributed by atoms with van der Waals surface area (Å²) in [6, 6.07) is 3.40. The number of carbonyl (C=O) groups excluding carboxylic acids is 2. The molecule has 0 N–H and O–H groups in total. The van der Waals surface area contributed by atoms with Gasteiger partial charge in [0.25, 0.3) is 5.91 Å². The molecular weight excluding hydrogens is 156 g/mol. The van der Waals surface area contributed by atoms with E-state index in [0.29, 0.717) is 5.69 Å². The van der Waals surface area contributed by atoms with E-state index >= 15 is 0 Å². The maximum absolute atomic E-state index is 10.8. The molecule has 0 aliphatic heterocycles. The summed E-state index contributed by atoms with van der Waals surface area (Å²) in [4.78, 5) is 26.0. The van der Waals surface area contributed by atoms with Crippen LogP contribution in [0, 0.1) is 0 Å². The largest absolute Gasteiger partial charge is 0.308 e. The average molecular weight is 164 g/mol. The number of aldehydes is 1. The van der Waals surface area contributed by atoms with Gasteiger partial charge >= 0.3 is 0 Å². The van der Waals surface area contributed by atoms with E-state index in [1.165, 1.54) is 18.1 Å². The smallest absolute Gasteiger partial charge is 0.290 e. The van der Waals surface area contributed by atoms with E-state index in [-0.39, 0.29) is 6.29 Å². The molecule has 0 saturated heterocycles. The molecule has 0 spiro atoms. The van der Waals surface area contributed by atoms with Gasteiger partial charge < -0.3 is 4.90 Å². The van der Waals surface area contributed by atoms with Crippen LogP contribution in [-0.2, 0) is 9.59 Å². The Balaban J connectivity index is 2.85. The van der Waals surface area contributed by atoms with Gasteiger partial charge in [0.2, 0.25) is 6.29 Å². The summed E-state index contributed by atoms with van der Waals surface area (Å²) < 4.78 is 0. The lowest BCUT2D eigenvalue weighted by Gasteiger charge is -2.12. The first-order valence-electron chi connectivity index (χ1n) is 3.38. The van der Waals surface area contributed by atoms with E-state index in [1.54, 1.807) is 18.3 Å². The van der Waals surface area contributed by atoms with Crippen LogP contribution in [0.4, 0.5) is 5.69 Å². The number of hydrogen-bond acceptors (Lipinski definition) is 3. The van der Waals surface area contributed by atoms with Gasteiger partial charge in [0.05, 0.1) is 11.9 Å². The molecule has 0 unspecified atom stereocenters. The Kier molecular flexibility index (Phi) is 2.53. The van der Waals surface area contributed by atoms with Crippen LogP contribution >= 0.6 is 0 Å². The number of carbonyl (C=O) groups is 2. The van der Waals surface area contributed by atoms with Crippen molar-refractivity contribution in [3.05, 3.63) is 24.5 Å². The highest BCUT2D eigenvalue weighted by Gasteiger charge is 2.07. The summed E-state index contributed by atoms with van der Waals surface area (Å²) in [5.74, 6) is -0.581. The van der Waals surface area contributed by atoms with Gasteiger partial charge in [0, 0.05) is 13.2 Å². The molecule has 4 nitrogen and oxygen atoms in total. The standard InChI is InChI=1S/C8H8N2O2/c1-10(8(12)6-11)7-3-2-4-9-5-7/h2-6H,1H3. The maximum Gasteiger partial charge on any atom is 0.290 e. The van der Waals surface area contributed by atoms with Crippen molar-refractivity contribution in [2.45, 2.75) is 0 Å². The Morgan fingerprint density at radius 2 is 2.42 bits per heavy atom. The monoisotopic (exact) mass is 164 g/mol. The lowest BCUT2D eigenvalue weighted by Crippen LogP contribution is -2.26. The van der Waals surface area contributed by atoms with Crippen molar-refractivity contribution in [3.8, 4) is 0 Å². The molecule has 0 bridgehead atoms. The Bertz CT molecular complexity index is 284. The summed E-state index contributed by atoms with van der Waals surface area (Å²) in [5.41, 5.74) is 0.606. The molecule has 0 aliphatic carbocycles. The van der Waals surface area contributed by atoms with Crippen molar-refractivity contribution < 1.29 is 9.59 Å². The summed E-state index contributed by atoms with van der Waals surface area (Å²) in [6.07, 6.45) is 3.39. The number of aromatic nitrogens is 1. The average Bonchev–Trinajstić information content (AvgIpc) is 2.17. The van der Waals surface area contributed by atoms with Crippen LogP contribution in [0.5, 0.6) is 0 Å². The zero-order chi connectivity index (χ0) is 8.97. The first kappa shape index (κ1) is 8.39. The Labute approximate surface area is 69.8 Å². The Morgan fingerprint density at radius 1 is 1.67 bits per heavy atom. The van der Waals surface area contributed by atoms with Gasteiger partial charge in [-0.3, -0.25) is 14.6 Å². The normalized spacial score (nSPS) is 9.08. The molecule has 12 heavy (non-hydrogen) atoms. The molecule has 0 saturated carbocycles. The third-order valence-corrected chi connectivity index (χ3v) is 1.46. The first-order chi connectivity index (χ1) is 5.75. The number of pyridine rings is 1. The van der Waals surface area contributed by atoms with Gasteiger partial charge in [-0.05, 0) is 12.1 Å². The molecule has 0 aliphatic rings. The van der Waals surface area contributed by atoms with Gasteiger partial charge in [-0.25, -0.2) is 0 Å². The minimum Gasteiger partial charge on any atom is -0.308 e. The van der Waals surface area contributed by atoms with Crippen LogP contribution < -0.4 is 4.90 Å². The van der Waals surface area contributed by atoms with E-state index in [1.807, 2.05) is 0 Å². The molecule has 4 heteroatoms. The fourth-order valence-corrected chi connectivity index (χ4v) is 0.758. The molecule has 0 aromatic carbocycles. The van der Waals surface area contributed by atoms with Gasteiger partial charge in [0.15, 0.2) is 0 Å². The van der Waals surface area contributed by atoms with Crippen molar-refractivity contribution in [1.82, 2.24) is 4.98 Å². The fourth-order valence-electron chi connectivity index (χ4n) is 0.758. The minimum atomic E-state index is -0.581. The van der Waals surface area contributed by atoms with Crippen LogP contribution in [0.2, 0.25) is 0 Å². The number of hydrogen-bond donors (Lipinski definition) is 0. The topological polar surface area (TPSA) is 50.3 Å². The van der Waals surface area contributed by atoms with E-state index in [4.69, 9.17) is 0 Å². The minimum absolute atomic E-state index is 0.271. The van der Waals surface area contributed by atoms with Gasteiger partial charge in [-0.1, -0.05) is 0 Å². The van der Waals surface area contributed by atoms with E-state index in [2.05, 4.69) is 4.98 Å². The summed E-state index contributed by atoms with van der Waals surface area (Å²) in [5, 5.41) is 0. The van der Waals surface area contributed by atoms with Crippen molar-refractivity contribution >= 4 is 17.9 Å². The predicted octanol–water partition coefficient (Wildman–Crippen LogP) is 0.243. The molecule has 0 fully saturated rings. The Hall–Kier alpha value is -1.71. The van der Waals surface area contributed by atoms with Crippen LogP contribution in [0.1, 0.15) is 0 Å². The predicted molar refractivity (Wildman–Crippen MR) is 43.7 cm³/mol. The molecule has 0 atom stereocenters. The maximum atomic E-state index is 10.8. The first-order valence-corrected chi connectivity index (χ1v) is 3.38. The molecule has 1 heterocycles. The summed E-state index contributed by atoms with van der Waals surface area (Å²) in [7, 11) is 1.52. The van der Waals surface area contributed by atoms with Gasteiger partial charge in [-0.2, -0.15) is 0 Å². The zero-order valence-corrected chi connectivity index (χ0v) is 6.60. The highest BCUT2D eigenvalue weighted by molar-refractivity contribution is 6.30. The van der Waals surface area contributed by atoms with Crippen molar-refractivity contribution in [3.63, 3.8) is 0 Å². The highest BCUT2D eigenvalue weighted by atomic mass is 16.2.